The van der Waals surface area contributed by atoms with Gasteiger partial charge >= 0.3 is 0 Å². The average molecular weight is 384 g/mol. The lowest BCUT2D eigenvalue weighted by Crippen LogP contribution is -2.52. The molecule has 1 aliphatic heterocycles. The molecule has 0 bridgehead atoms. The van der Waals surface area contributed by atoms with Crippen molar-refractivity contribution in [2.45, 2.75) is 6.92 Å². The first-order valence-corrected chi connectivity index (χ1v) is 11.0. The van der Waals surface area contributed by atoms with Gasteiger partial charge in [-0.25, -0.2) is 13.4 Å². The second-order valence-corrected chi connectivity index (χ2v) is 8.40. The summed E-state index contributed by atoms with van der Waals surface area (Å²) in [6.07, 6.45) is 3.03. The molecule has 0 spiro atoms. The van der Waals surface area contributed by atoms with Crippen molar-refractivity contribution in [3.8, 4) is 0 Å². The third-order valence-corrected chi connectivity index (χ3v) is 4.89. The first-order chi connectivity index (χ1) is 12.5. The van der Waals surface area contributed by atoms with Crippen molar-refractivity contribution in [1.29, 1.82) is 0 Å². The van der Waals surface area contributed by atoms with Crippen LogP contribution in [0.3, 0.4) is 0 Å². The highest BCUT2D eigenvalue weighted by atomic mass is 32.2. The van der Waals surface area contributed by atoms with Gasteiger partial charge in [0, 0.05) is 45.2 Å². The molecule has 1 aromatic heterocycles. The Kier molecular flexibility index (Phi) is 8.11. The first-order valence-electron chi connectivity index (χ1n) is 8.94. The van der Waals surface area contributed by atoms with Crippen molar-refractivity contribution < 1.29 is 13.2 Å². The molecular formula is C17H29N5O3S. The summed E-state index contributed by atoms with van der Waals surface area (Å²) in [5.74, 6) is 1.93. The van der Waals surface area contributed by atoms with E-state index in [4.69, 9.17) is 4.74 Å². The fourth-order valence-electron chi connectivity index (χ4n) is 2.64. The molecule has 146 valence electrons. The van der Waals surface area contributed by atoms with Crippen molar-refractivity contribution in [3.05, 3.63) is 24.4 Å². The number of sulfone groups is 1. The van der Waals surface area contributed by atoms with Gasteiger partial charge in [-0.1, -0.05) is 6.07 Å². The molecule has 0 aliphatic carbocycles. The van der Waals surface area contributed by atoms with E-state index in [1.807, 2.05) is 31.3 Å². The van der Waals surface area contributed by atoms with E-state index in [2.05, 4.69) is 25.1 Å². The molecule has 1 fully saturated rings. The predicted octanol–water partition coefficient (Wildman–Crippen LogP) is 0.230. The Morgan fingerprint density at radius 3 is 2.65 bits per heavy atom. The summed E-state index contributed by atoms with van der Waals surface area (Å²) in [7, 11) is -2.97. The number of nitrogens with one attached hydrogen (secondary N) is 1. The fraction of sp³-hybridized carbons (Fsp3) is 0.647. The van der Waals surface area contributed by atoms with E-state index in [9.17, 15) is 8.42 Å². The summed E-state index contributed by atoms with van der Waals surface area (Å²) < 4.78 is 27.5. The number of hydrogen-bond donors (Lipinski definition) is 1. The van der Waals surface area contributed by atoms with Crippen LogP contribution in [0.25, 0.3) is 0 Å². The quantitative estimate of drug-likeness (QED) is 0.391. The van der Waals surface area contributed by atoms with Gasteiger partial charge in [0.05, 0.1) is 25.5 Å². The van der Waals surface area contributed by atoms with Gasteiger partial charge in [-0.15, -0.1) is 0 Å². The summed E-state index contributed by atoms with van der Waals surface area (Å²) in [5, 5.41) is 3.31. The Hall–Kier alpha value is -1.87. The molecule has 0 atom stereocenters. The maximum Gasteiger partial charge on any atom is 0.194 e. The Bertz CT molecular complexity index is 658. The van der Waals surface area contributed by atoms with Gasteiger partial charge in [-0.05, 0) is 19.1 Å². The molecular weight excluding hydrogens is 354 g/mol. The van der Waals surface area contributed by atoms with Crippen LogP contribution in [0.2, 0.25) is 0 Å². The maximum absolute atomic E-state index is 11.1. The SMILES string of the molecule is CCNC(=NCCOCCS(C)(=O)=O)N1CCN(c2ccccn2)CC1. The predicted molar refractivity (Wildman–Crippen MR) is 105 cm³/mol. The van der Waals surface area contributed by atoms with Crippen LogP contribution in [0, 0.1) is 0 Å². The zero-order valence-electron chi connectivity index (χ0n) is 15.6. The Morgan fingerprint density at radius 1 is 1.27 bits per heavy atom. The second kappa shape index (κ2) is 10.3. The number of guanidine groups is 1. The van der Waals surface area contributed by atoms with Crippen LogP contribution >= 0.6 is 0 Å². The van der Waals surface area contributed by atoms with Crippen LogP contribution in [0.4, 0.5) is 5.82 Å². The normalized spacial score (nSPS) is 16.0. The maximum atomic E-state index is 11.1. The van der Waals surface area contributed by atoms with Crippen molar-refractivity contribution in [2.24, 2.45) is 4.99 Å². The van der Waals surface area contributed by atoms with E-state index in [0.717, 1.165) is 44.5 Å². The molecule has 26 heavy (non-hydrogen) atoms. The number of pyridine rings is 1. The monoisotopic (exact) mass is 383 g/mol. The molecule has 0 aromatic carbocycles. The number of aliphatic imine (C=N–C) groups is 1. The average Bonchev–Trinajstić information content (AvgIpc) is 2.64. The fourth-order valence-corrected chi connectivity index (χ4v) is 3.06. The topological polar surface area (TPSA) is 87.1 Å². The summed E-state index contributed by atoms with van der Waals surface area (Å²) in [6, 6.07) is 5.96. The Labute approximate surface area is 156 Å². The van der Waals surface area contributed by atoms with Gasteiger partial charge < -0.3 is 19.9 Å². The Balaban J connectivity index is 1.78. The smallest absolute Gasteiger partial charge is 0.194 e. The molecule has 1 N–H and O–H groups in total. The van der Waals surface area contributed by atoms with E-state index < -0.39 is 9.84 Å². The van der Waals surface area contributed by atoms with Gasteiger partial charge in [-0.2, -0.15) is 0 Å². The lowest BCUT2D eigenvalue weighted by Gasteiger charge is -2.37. The molecule has 8 nitrogen and oxygen atoms in total. The molecule has 0 amide bonds. The third-order valence-electron chi connectivity index (χ3n) is 3.98. The van der Waals surface area contributed by atoms with E-state index in [-0.39, 0.29) is 12.4 Å². The lowest BCUT2D eigenvalue weighted by atomic mass is 10.3. The summed E-state index contributed by atoms with van der Waals surface area (Å²) >= 11 is 0. The molecule has 1 aliphatic rings. The highest BCUT2D eigenvalue weighted by Crippen LogP contribution is 2.12. The zero-order chi connectivity index (χ0) is 18.8. The van der Waals surface area contributed by atoms with Crippen molar-refractivity contribution in [1.82, 2.24) is 15.2 Å². The highest BCUT2D eigenvalue weighted by molar-refractivity contribution is 7.90. The van der Waals surface area contributed by atoms with Crippen molar-refractivity contribution >= 4 is 21.6 Å². The first kappa shape index (κ1) is 20.4. The number of nitrogens with zero attached hydrogens (tertiary/aromatic N) is 4. The van der Waals surface area contributed by atoms with Gasteiger partial charge in [0.2, 0.25) is 0 Å². The van der Waals surface area contributed by atoms with Crippen LogP contribution in [0.1, 0.15) is 6.92 Å². The zero-order valence-corrected chi connectivity index (χ0v) is 16.4. The number of rotatable bonds is 8. The molecule has 0 radical (unpaired) electrons. The van der Waals surface area contributed by atoms with Crippen LogP contribution in [-0.2, 0) is 14.6 Å². The number of ether oxygens (including phenoxy) is 1. The number of piperazine rings is 1. The second-order valence-electron chi connectivity index (χ2n) is 6.14. The minimum absolute atomic E-state index is 0.0479. The molecule has 2 rings (SSSR count). The van der Waals surface area contributed by atoms with Gasteiger partial charge in [-0.3, -0.25) is 4.99 Å². The molecule has 0 saturated carbocycles. The molecule has 2 heterocycles. The van der Waals surface area contributed by atoms with Crippen molar-refractivity contribution in [3.63, 3.8) is 0 Å². The number of aromatic nitrogens is 1. The molecule has 0 unspecified atom stereocenters. The highest BCUT2D eigenvalue weighted by Gasteiger charge is 2.20. The van der Waals surface area contributed by atoms with Gasteiger partial charge in [0.1, 0.15) is 15.7 Å². The van der Waals surface area contributed by atoms with Gasteiger partial charge in [0.25, 0.3) is 0 Å². The van der Waals surface area contributed by atoms with E-state index in [1.54, 1.807) is 0 Å². The van der Waals surface area contributed by atoms with Crippen molar-refractivity contribution in [2.75, 3.05) is 69.4 Å². The minimum atomic E-state index is -2.97. The molecule has 1 aromatic rings. The lowest BCUT2D eigenvalue weighted by molar-refractivity contribution is 0.157. The standard InChI is InChI=1S/C17H29N5O3S/c1-3-18-17(20-8-13-25-14-15-26(2,23)24)22-11-9-21(10-12-22)16-6-4-5-7-19-16/h4-7H,3,8-15H2,1-2H3,(H,18,20). The van der Waals surface area contributed by atoms with Crippen LogP contribution in [-0.4, -0.2) is 88.8 Å². The summed E-state index contributed by atoms with van der Waals surface area (Å²) in [4.78, 5) is 13.5. The number of anilines is 1. The molecule has 1 saturated heterocycles. The largest absolute Gasteiger partial charge is 0.378 e. The van der Waals surface area contributed by atoms with Crippen LogP contribution in [0.15, 0.2) is 29.4 Å². The third kappa shape index (κ3) is 7.17. The Morgan fingerprint density at radius 2 is 2.04 bits per heavy atom. The van der Waals surface area contributed by atoms with Crippen LogP contribution in [0.5, 0.6) is 0 Å². The van der Waals surface area contributed by atoms with Crippen LogP contribution < -0.4 is 10.2 Å². The minimum Gasteiger partial charge on any atom is -0.378 e. The summed E-state index contributed by atoms with van der Waals surface area (Å²) in [5.41, 5.74) is 0. The molecule has 9 heteroatoms. The van der Waals surface area contributed by atoms with E-state index in [1.165, 1.54) is 6.26 Å². The number of hydrogen-bond acceptors (Lipinski definition) is 6. The van der Waals surface area contributed by atoms with E-state index in [0.29, 0.717) is 13.2 Å². The van der Waals surface area contributed by atoms with E-state index >= 15 is 0 Å². The van der Waals surface area contributed by atoms with Gasteiger partial charge in [0.15, 0.2) is 5.96 Å². The summed E-state index contributed by atoms with van der Waals surface area (Å²) in [6.45, 7) is 7.52.